The first-order valence-corrected chi connectivity index (χ1v) is 11.0. The average Bonchev–Trinajstić information content (AvgIpc) is 2.99. The summed E-state index contributed by atoms with van der Waals surface area (Å²) in [5, 5.41) is 1.01. The molecule has 3 aliphatic rings. The molecule has 3 nitrogen and oxygen atoms in total. The Morgan fingerprint density at radius 2 is 1.64 bits per heavy atom. The van der Waals surface area contributed by atoms with Gasteiger partial charge >= 0.3 is 0 Å². The van der Waals surface area contributed by atoms with Crippen LogP contribution in [0.1, 0.15) is 65.5 Å². The smallest absolute Gasteiger partial charge is 0.254 e. The van der Waals surface area contributed by atoms with Crippen LogP contribution in [-0.4, -0.2) is 30.4 Å². The lowest BCUT2D eigenvalue weighted by Crippen LogP contribution is -2.37. The van der Waals surface area contributed by atoms with Gasteiger partial charge in [-0.25, -0.2) is 0 Å². The molecule has 2 atom stereocenters. The van der Waals surface area contributed by atoms with E-state index in [0.29, 0.717) is 21.5 Å². The fraction of sp³-hybridized carbons (Fsp3) is 0.435. The number of carbonyl (C=O) groups excluding carboxylic acids is 1. The number of piperidine rings is 2. The summed E-state index contributed by atoms with van der Waals surface area (Å²) in [5.41, 5.74) is 4.71. The van der Waals surface area contributed by atoms with Gasteiger partial charge in [0.05, 0.1) is 6.04 Å². The summed E-state index contributed by atoms with van der Waals surface area (Å²) >= 11 is 12.2. The summed E-state index contributed by atoms with van der Waals surface area (Å²) in [6, 6.07) is 12.2. The Morgan fingerprint density at radius 3 is 2.39 bits per heavy atom. The highest BCUT2D eigenvalue weighted by atomic mass is 35.5. The molecule has 2 aliphatic heterocycles. The predicted octanol–water partition coefficient (Wildman–Crippen LogP) is 6.06. The third kappa shape index (κ3) is 3.19. The maximum absolute atomic E-state index is 13.2. The summed E-state index contributed by atoms with van der Waals surface area (Å²) in [7, 11) is 0. The van der Waals surface area contributed by atoms with Crippen LogP contribution in [0.15, 0.2) is 36.4 Å². The van der Waals surface area contributed by atoms with E-state index in [9.17, 15) is 4.79 Å². The zero-order chi connectivity index (χ0) is 19.3. The van der Waals surface area contributed by atoms with Crippen molar-refractivity contribution in [2.45, 2.75) is 44.1 Å². The minimum atomic E-state index is 0.0285. The first kappa shape index (κ1) is 18.3. The largest absolute Gasteiger partial charge is 0.372 e. The number of hydrogen-bond acceptors (Lipinski definition) is 2. The number of halogens is 2. The minimum Gasteiger partial charge on any atom is -0.372 e. The summed E-state index contributed by atoms with van der Waals surface area (Å²) in [5.74, 6) is 0.595. The normalized spacial score (nSPS) is 23.6. The number of benzene rings is 2. The van der Waals surface area contributed by atoms with Crippen molar-refractivity contribution in [1.82, 2.24) is 4.90 Å². The number of amides is 1. The molecule has 0 aromatic heterocycles. The second-order valence-electron chi connectivity index (χ2n) is 8.25. The molecule has 5 heteroatoms. The summed E-state index contributed by atoms with van der Waals surface area (Å²) < 4.78 is 0. The summed E-state index contributed by atoms with van der Waals surface area (Å²) in [6.45, 7) is 3.10. The lowest BCUT2D eigenvalue weighted by atomic mass is 9.94. The number of rotatable bonds is 2. The topological polar surface area (TPSA) is 23.6 Å². The molecular formula is C23H24Cl2N2O. The van der Waals surface area contributed by atoms with Gasteiger partial charge in [-0.15, -0.1) is 0 Å². The highest BCUT2D eigenvalue weighted by molar-refractivity contribution is 6.35. The van der Waals surface area contributed by atoms with E-state index in [0.717, 1.165) is 32.5 Å². The maximum Gasteiger partial charge on any atom is 0.254 e. The van der Waals surface area contributed by atoms with E-state index in [1.54, 1.807) is 18.2 Å². The maximum atomic E-state index is 13.2. The highest BCUT2D eigenvalue weighted by Gasteiger charge is 2.41. The zero-order valence-electron chi connectivity index (χ0n) is 15.8. The first-order valence-electron chi connectivity index (χ1n) is 10.3. The lowest BCUT2D eigenvalue weighted by molar-refractivity contribution is 0.0620. The van der Waals surface area contributed by atoms with Crippen LogP contribution in [-0.2, 0) is 0 Å². The molecule has 5 rings (SSSR count). The standard InChI is InChI=1S/C23H24Cl2N2O/c24-17-10-16(11-18(25)13-17)23(28)27-9-6-15-12-22(27)20-5-4-19(14-21(15)20)26-7-2-1-3-8-26/h4-5,10-11,13-15,22H,1-3,6-9,12H2/t15-,22-/m1/s1. The van der Waals surface area contributed by atoms with Gasteiger partial charge in [-0.2, -0.15) is 0 Å². The molecule has 2 heterocycles. The van der Waals surface area contributed by atoms with Crippen LogP contribution in [0.2, 0.25) is 10.0 Å². The van der Waals surface area contributed by atoms with Crippen molar-refractivity contribution in [3.05, 3.63) is 63.1 Å². The van der Waals surface area contributed by atoms with Gasteiger partial charge in [0.1, 0.15) is 0 Å². The Hall–Kier alpha value is -1.71. The molecule has 0 radical (unpaired) electrons. The number of nitrogens with zero attached hydrogens (tertiary/aromatic N) is 2. The van der Waals surface area contributed by atoms with Gasteiger partial charge in [0.2, 0.25) is 0 Å². The van der Waals surface area contributed by atoms with Gasteiger partial charge in [0.15, 0.2) is 0 Å². The second kappa shape index (κ2) is 7.27. The summed E-state index contributed by atoms with van der Waals surface area (Å²) in [4.78, 5) is 17.8. The van der Waals surface area contributed by atoms with E-state index in [-0.39, 0.29) is 11.9 Å². The van der Waals surface area contributed by atoms with Gasteiger partial charge in [0, 0.05) is 40.9 Å². The van der Waals surface area contributed by atoms with Gasteiger partial charge in [-0.05, 0) is 79.5 Å². The molecule has 2 aromatic carbocycles. The van der Waals surface area contributed by atoms with Crippen molar-refractivity contribution in [3.8, 4) is 0 Å². The van der Waals surface area contributed by atoms with Crippen LogP contribution in [0, 0.1) is 0 Å². The molecule has 2 saturated heterocycles. The van der Waals surface area contributed by atoms with E-state index >= 15 is 0 Å². The molecule has 1 aliphatic carbocycles. The van der Waals surface area contributed by atoms with E-state index in [4.69, 9.17) is 23.2 Å². The van der Waals surface area contributed by atoms with Gasteiger partial charge in [-0.3, -0.25) is 4.79 Å². The van der Waals surface area contributed by atoms with Crippen molar-refractivity contribution in [2.75, 3.05) is 24.5 Å². The van der Waals surface area contributed by atoms with Crippen molar-refractivity contribution in [3.63, 3.8) is 0 Å². The van der Waals surface area contributed by atoms with E-state index < -0.39 is 0 Å². The van der Waals surface area contributed by atoms with E-state index in [1.807, 2.05) is 4.90 Å². The van der Waals surface area contributed by atoms with E-state index in [1.165, 1.54) is 36.1 Å². The molecule has 0 spiro atoms. The fourth-order valence-corrected chi connectivity index (χ4v) is 5.72. The van der Waals surface area contributed by atoms with Crippen LogP contribution < -0.4 is 4.90 Å². The van der Waals surface area contributed by atoms with Crippen molar-refractivity contribution in [1.29, 1.82) is 0 Å². The molecule has 2 aromatic rings. The minimum absolute atomic E-state index is 0.0285. The molecule has 2 fully saturated rings. The Morgan fingerprint density at radius 1 is 0.893 bits per heavy atom. The average molecular weight is 415 g/mol. The van der Waals surface area contributed by atoms with Gasteiger partial charge in [0.25, 0.3) is 5.91 Å². The number of hydrogen-bond donors (Lipinski definition) is 0. The van der Waals surface area contributed by atoms with Crippen molar-refractivity contribution < 1.29 is 4.79 Å². The van der Waals surface area contributed by atoms with Gasteiger partial charge < -0.3 is 9.80 Å². The second-order valence-corrected chi connectivity index (χ2v) is 9.13. The third-order valence-electron chi connectivity index (χ3n) is 6.56. The van der Waals surface area contributed by atoms with Crippen LogP contribution >= 0.6 is 23.2 Å². The highest BCUT2D eigenvalue weighted by Crippen LogP contribution is 2.50. The molecular weight excluding hydrogens is 391 g/mol. The van der Waals surface area contributed by atoms with Crippen molar-refractivity contribution in [2.24, 2.45) is 0 Å². The fourth-order valence-electron chi connectivity index (χ4n) is 5.20. The van der Waals surface area contributed by atoms with Crippen molar-refractivity contribution >= 4 is 34.8 Å². The predicted molar refractivity (Wildman–Crippen MR) is 115 cm³/mol. The molecule has 146 valence electrons. The van der Waals surface area contributed by atoms with Crippen LogP contribution in [0.5, 0.6) is 0 Å². The molecule has 0 unspecified atom stereocenters. The number of likely N-dealkylation sites (tertiary alicyclic amines) is 1. The number of anilines is 1. The third-order valence-corrected chi connectivity index (χ3v) is 7.00. The zero-order valence-corrected chi connectivity index (χ0v) is 17.3. The Bertz CT molecular complexity index is 903. The Balaban J connectivity index is 1.44. The first-order chi connectivity index (χ1) is 13.6. The van der Waals surface area contributed by atoms with Gasteiger partial charge in [-0.1, -0.05) is 29.3 Å². The van der Waals surface area contributed by atoms with Crippen LogP contribution in [0.4, 0.5) is 5.69 Å². The number of fused-ring (bicyclic) bond motifs is 5. The van der Waals surface area contributed by atoms with Crippen LogP contribution in [0.25, 0.3) is 0 Å². The van der Waals surface area contributed by atoms with Crippen LogP contribution in [0.3, 0.4) is 0 Å². The lowest BCUT2D eigenvalue weighted by Gasteiger charge is -2.34. The molecule has 2 bridgehead atoms. The SMILES string of the molecule is O=C(c1cc(Cl)cc(Cl)c1)N1CC[C@@H]2C[C@@H]1c1ccc(N3CCCCC3)cc12. The quantitative estimate of drug-likeness (QED) is 0.596. The molecule has 0 N–H and O–H groups in total. The monoisotopic (exact) mass is 414 g/mol. The molecule has 0 saturated carbocycles. The Labute approximate surface area is 176 Å². The Kier molecular flexibility index (Phi) is 4.76. The van der Waals surface area contributed by atoms with E-state index in [2.05, 4.69) is 23.1 Å². The molecule has 28 heavy (non-hydrogen) atoms. The number of carbonyl (C=O) groups is 1. The summed E-state index contributed by atoms with van der Waals surface area (Å²) in [6.07, 6.45) is 5.96. The molecule has 1 amide bonds.